The summed E-state index contributed by atoms with van der Waals surface area (Å²) in [6.45, 7) is 3.37. The molecule has 2 aromatic rings. The van der Waals surface area contributed by atoms with Gasteiger partial charge in [0.1, 0.15) is 0 Å². The van der Waals surface area contributed by atoms with Gasteiger partial charge in [0.05, 0.1) is 0 Å². The summed E-state index contributed by atoms with van der Waals surface area (Å²) in [7, 11) is 0. The molecule has 1 amide bonds. The molecule has 1 fully saturated rings. The molecule has 0 bridgehead atoms. The van der Waals surface area contributed by atoms with Crippen molar-refractivity contribution in [2.75, 3.05) is 13.1 Å². The van der Waals surface area contributed by atoms with E-state index in [0.29, 0.717) is 5.92 Å². The molecule has 3 nitrogen and oxygen atoms in total. The highest BCUT2D eigenvalue weighted by Crippen LogP contribution is 2.33. The molecule has 2 heterocycles. The van der Waals surface area contributed by atoms with Crippen LogP contribution in [0, 0.1) is 0 Å². The minimum Gasteiger partial charge on any atom is -0.361 e. The summed E-state index contributed by atoms with van der Waals surface area (Å²) in [6, 6.07) is 5.98. The Hall–Kier alpha value is -1.48. The summed E-state index contributed by atoms with van der Waals surface area (Å²) in [5.41, 5.74) is 2.45. The van der Waals surface area contributed by atoms with Gasteiger partial charge in [-0.25, -0.2) is 0 Å². The van der Waals surface area contributed by atoms with Crippen molar-refractivity contribution >= 4 is 28.4 Å². The number of benzene rings is 1. The fourth-order valence-corrected chi connectivity index (χ4v) is 3.14. The lowest BCUT2D eigenvalue weighted by Crippen LogP contribution is -2.36. The van der Waals surface area contributed by atoms with E-state index in [1.807, 2.05) is 17.0 Å². The second kappa shape index (κ2) is 4.89. The number of nitrogens with one attached hydrogen (secondary N) is 1. The molecule has 4 heteroatoms. The Labute approximate surface area is 117 Å². The molecule has 1 N–H and O–H groups in total. The van der Waals surface area contributed by atoms with E-state index in [2.05, 4.69) is 17.2 Å². The van der Waals surface area contributed by atoms with Crippen LogP contribution >= 0.6 is 11.6 Å². The molecule has 0 unspecified atom stereocenters. The third kappa shape index (κ3) is 2.35. The third-order valence-electron chi connectivity index (χ3n) is 4.06. The summed E-state index contributed by atoms with van der Waals surface area (Å²) in [5, 5.41) is 2.01. The summed E-state index contributed by atoms with van der Waals surface area (Å²) in [6.07, 6.45) is 4.17. The van der Waals surface area contributed by atoms with Gasteiger partial charge in [-0.15, -0.1) is 0 Å². The van der Waals surface area contributed by atoms with Crippen LogP contribution in [0.5, 0.6) is 0 Å². The number of hydrogen-bond acceptors (Lipinski definition) is 1. The number of fused-ring (bicyclic) bond motifs is 1. The second-order valence-corrected chi connectivity index (χ2v) is 5.65. The molecule has 0 radical (unpaired) electrons. The largest absolute Gasteiger partial charge is 0.361 e. The average molecular weight is 277 g/mol. The summed E-state index contributed by atoms with van der Waals surface area (Å²) in [5.74, 6) is 0.717. The van der Waals surface area contributed by atoms with E-state index < -0.39 is 0 Å². The summed E-state index contributed by atoms with van der Waals surface area (Å²) in [4.78, 5) is 16.6. The zero-order valence-electron chi connectivity index (χ0n) is 10.9. The fraction of sp³-hybridized carbons (Fsp3) is 0.400. The molecule has 1 aromatic heterocycles. The number of carbonyl (C=O) groups excluding carboxylic acids is 1. The third-order valence-corrected chi connectivity index (χ3v) is 4.29. The predicted octanol–water partition coefficient (Wildman–Crippen LogP) is 3.55. The van der Waals surface area contributed by atoms with E-state index in [-0.39, 0.29) is 5.91 Å². The first kappa shape index (κ1) is 12.5. The molecule has 100 valence electrons. The molecule has 1 aromatic carbocycles. The van der Waals surface area contributed by atoms with Crippen molar-refractivity contribution < 1.29 is 4.79 Å². The number of piperidine rings is 1. The van der Waals surface area contributed by atoms with Crippen molar-refractivity contribution in [3.05, 3.63) is 35.0 Å². The van der Waals surface area contributed by atoms with Gasteiger partial charge in [-0.05, 0) is 36.5 Å². The van der Waals surface area contributed by atoms with Crippen LogP contribution in [0.2, 0.25) is 5.02 Å². The number of nitrogens with zero attached hydrogens (tertiary/aromatic N) is 1. The van der Waals surface area contributed by atoms with E-state index in [0.717, 1.165) is 36.5 Å². The molecular weight excluding hydrogens is 260 g/mol. The standard InChI is InChI=1S/C15H17ClN2O/c1-10(19)18-6-4-11(5-7-18)14-9-17-15-8-12(16)2-3-13(14)15/h2-3,8-9,11,17H,4-7H2,1H3. The summed E-state index contributed by atoms with van der Waals surface area (Å²) < 4.78 is 0. The van der Waals surface area contributed by atoms with Crippen molar-refractivity contribution in [1.82, 2.24) is 9.88 Å². The van der Waals surface area contributed by atoms with Gasteiger partial charge in [-0.3, -0.25) is 4.79 Å². The van der Waals surface area contributed by atoms with Gasteiger partial charge in [-0.1, -0.05) is 17.7 Å². The first-order chi connectivity index (χ1) is 9.15. The monoisotopic (exact) mass is 276 g/mol. The minimum atomic E-state index is 0.184. The number of halogens is 1. The second-order valence-electron chi connectivity index (χ2n) is 5.21. The van der Waals surface area contributed by atoms with E-state index in [9.17, 15) is 4.79 Å². The maximum Gasteiger partial charge on any atom is 0.219 e. The average Bonchev–Trinajstić information content (AvgIpc) is 2.81. The van der Waals surface area contributed by atoms with Gasteiger partial charge in [0.2, 0.25) is 5.91 Å². The SMILES string of the molecule is CC(=O)N1CCC(c2c[nH]c3cc(Cl)ccc23)CC1. The smallest absolute Gasteiger partial charge is 0.219 e. The Morgan fingerprint density at radius 2 is 2.11 bits per heavy atom. The number of hydrogen-bond donors (Lipinski definition) is 1. The molecule has 19 heavy (non-hydrogen) atoms. The topological polar surface area (TPSA) is 36.1 Å². The maximum absolute atomic E-state index is 11.3. The Bertz CT molecular complexity index is 612. The van der Waals surface area contributed by atoms with E-state index in [1.54, 1.807) is 6.92 Å². The van der Waals surface area contributed by atoms with Crippen molar-refractivity contribution in [1.29, 1.82) is 0 Å². The van der Waals surface area contributed by atoms with Crippen LogP contribution in [0.4, 0.5) is 0 Å². The quantitative estimate of drug-likeness (QED) is 0.850. The lowest BCUT2D eigenvalue weighted by molar-refractivity contribution is -0.129. The number of aromatic amines is 1. The van der Waals surface area contributed by atoms with Crippen molar-refractivity contribution in [2.24, 2.45) is 0 Å². The molecule has 1 saturated heterocycles. The van der Waals surface area contributed by atoms with E-state index in [4.69, 9.17) is 11.6 Å². The number of likely N-dealkylation sites (tertiary alicyclic amines) is 1. The van der Waals surface area contributed by atoms with Gasteiger partial charge < -0.3 is 9.88 Å². The van der Waals surface area contributed by atoms with Gasteiger partial charge in [0.15, 0.2) is 0 Å². The lowest BCUT2D eigenvalue weighted by atomic mass is 9.89. The van der Waals surface area contributed by atoms with Crippen molar-refractivity contribution in [3.8, 4) is 0 Å². The lowest BCUT2D eigenvalue weighted by Gasteiger charge is -2.31. The minimum absolute atomic E-state index is 0.184. The molecule has 0 saturated carbocycles. The maximum atomic E-state index is 11.3. The molecule has 1 aliphatic rings. The molecule has 0 spiro atoms. The van der Waals surface area contributed by atoms with Gasteiger partial charge in [0.25, 0.3) is 0 Å². The zero-order valence-corrected chi connectivity index (χ0v) is 11.7. The highest BCUT2D eigenvalue weighted by atomic mass is 35.5. The molecule has 1 aliphatic heterocycles. The van der Waals surface area contributed by atoms with Crippen LogP contribution in [-0.4, -0.2) is 28.9 Å². The van der Waals surface area contributed by atoms with Crippen LogP contribution < -0.4 is 0 Å². The van der Waals surface area contributed by atoms with Crippen LogP contribution in [0.25, 0.3) is 10.9 Å². The van der Waals surface area contributed by atoms with Gasteiger partial charge in [0, 0.05) is 42.1 Å². The predicted molar refractivity (Wildman–Crippen MR) is 77.5 cm³/mol. The number of carbonyl (C=O) groups is 1. The fourth-order valence-electron chi connectivity index (χ4n) is 2.96. The summed E-state index contributed by atoms with van der Waals surface area (Å²) >= 11 is 6.00. The normalized spacial score (nSPS) is 17.1. The van der Waals surface area contributed by atoms with E-state index >= 15 is 0 Å². The van der Waals surface area contributed by atoms with Crippen molar-refractivity contribution in [3.63, 3.8) is 0 Å². The molecule has 0 aliphatic carbocycles. The van der Waals surface area contributed by atoms with Crippen LogP contribution in [0.3, 0.4) is 0 Å². The first-order valence-electron chi connectivity index (χ1n) is 6.67. The van der Waals surface area contributed by atoms with E-state index in [1.165, 1.54) is 10.9 Å². The van der Waals surface area contributed by atoms with Crippen molar-refractivity contribution in [2.45, 2.75) is 25.7 Å². The Balaban J connectivity index is 1.84. The number of aromatic nitrogens is 1. The highest BCUT2D eigenvalue weighted by molar-refractivity contribution is 6.31. The van der Waals surface area contributed by atoms with Crippen LogP contribution in [-0.2, 0) is 4.79 Å². The molecule has 3 rings (SSSR count). The van der Waals surface area contributed by atoms with Gasteiger partial charge in [-0.2, -0.15) is 0 Å². The Morgan fingerprint density at radius 3 is 2.79 bits per heavy atom. The zero-order chi connectivity index (χ0) is 13.4. The number of amides is 1. The van der Waals surface area contributed by atoms with Crippen LogP contribution in [0.1, 0.15) is 31.2 Å². The Morgan fingerprint density at radius 1 is 1.37 bits per heavy atom. The Kier molecular flexibility index (Phi) is 3.23. The first-order valence-corrected chi connectivity index (χ1v) is 7.05. The number of rotatable bonds is 1. The molecular formula is C15H17ClN2O. The number of H-pyrrole nitrogens is 1. The van der Waals surface area contributed by atoms with Crippen LogP contribution in [0.15, 0.2) is 24.4 Å². The highest BCUT2D eigenvalue weighted by Gasteiger charge is 2.23. The van der Waals surface area contributed by atoms with Gasteiger partial charge >= 0.3 is 0 Å². The molecule has 0 atom stereocenters.